The number of halogens is 4. The van der Waals surface area contributed by atoms with Crippen molar-refractivity contribution in [3.8, 4) is 0 Å². The van der Waals surface area contributed by atoms with Gasteiger partial charge in [-0.2, -0.15) is 0 Å². The maximum Gasteiger partial charge on any atom is 0.237 e. The van der Waals surface area contributed by atoms with Gasteiger partial charge in [0, 0.05) is 7.05 Å². The van der Waals surface area contributed by atoms with Crippen LogP contribution in [-0.2, 0) is 4.79 Å². The lowest BCUT2D eigenvalue weighted by Crippen LogP contribution is -2.27. The lowest BCUT2D eigenvalue weighted by molar-refractivity contribution is -0.115. The predicted octanol–water partition coefficient (Wildman–Crippen LogP) is 4.00. The van der Waals surface area contributed by atoms with Crippen molar-refractivity contribution in [1.82, 2.24) is 0 Å². The van der Waals surface area contributed by atoms with E-state index in [1.54, 1.807) is 13.1 Å². The Balaban J connectivity index is 3.14. The summed E-state index contributed by atoms with van der Waals surface area (Å²) in [6, 6.07) is 3.07. The minimum Gasteiger partial charge on any atom is -0.313 e. The molecule has 0 radical (unpaired) electrons. The summed E-state index contributed by atoms with van der Waals surface area (Å²) in [7, 11) is 1.62. The Bertz CT molecular complexity index is 397. The van der Waals surface area contributed by atoms with Crippen molar-refractivity contribution in [2.24, 2.45) is 0 Å². The largest absolute Gasteiger partial charge is 0.313 e. The van der Waals surface area contributed by atoms with Crippen molar-refractivity contribution in [1.29, 1.82) is 0 Å². The van der Waals surface area contributed by atoms with E-state index in [9.17, 15) is 4.79 Å². The van der Waals surface area contributed by atoms with Crippen LogP contribution in [0.3, 0.4) is 0 Å². The molecule has 1 aromatic carbocycles. The highest BCUT2D eigenvalue weighted by Crippen LogP contribution is 2.34. The van der Waals surface area contributed by atoms with Crippen LogP contribution in [-0.4, -0.2) is 18.3 Å². The van der Waals surface area contributed by atoms with Crippen molar-refractivity contribution in [2.45, 2.75) is 0 Å². The minimum absolute atomic E-state index is 0.115. The molecule has 0 fully saturated rings. The highest BCUT2D eigenvalue weighted by atomic mass is 79.9. The maximum absolute atomic E-state index is 11.4. The SMILES string of the molecule is CN(C(=O)CBr)c1cc(Cl)c(Cl)cc1Cl. The molecule has 0 aliphatic rings. The summed E-state index contributed by atoms with van der Waals surface area (Å²) in [6.45, 7) is 0. The average molecular weight is 331 g/mol. The fourth-order valence-corrected chi connectivity index (χ4v) is 2.04. The molecule has 0 unspecified atom stereocenters. The van der Waals surface area contributed by atoms with Gasteiger partial charge in [-0.3, -0.25) is 4.79 Å². The molecular weight excluding hydrogens is 324 g/mol. The van der Waals surface area contributed by atoms with Crippen LogP contribution in [0, 0.1) is 0 Å². The summed E-state index contributed by atoms with van der Waals surface area (Å²) in [5.41, 5.74) is 0.538. The van der Waals surface area contributed by atoms with E-state index in [-0.39, 0.29) is 11.2 Å². The van der Waals surface area contributed by atoms with E-state index in [4.69, 9.17) is 34.8 Å². The van der Waals surface area contributed by atoms with Crippen molar-refractivity contribution in [3.05, 3.63) is 27.2 Å². The van der Waals surface area contributed by atoms with Crippen LogP contribution >= 0.6 is 50.7 Å². The Hall–Kier alpha value is 0.0400. The fourth-order valence-electron chi connectivity index (χ4n) is 0.993. The van der Waals surface area contributed by atoms with E-state index in [2.05, 4.69) is 15.9 Å². The molecule has 1 rings (SSSR count). The molecule has 0 heterocycles. The normalized spacial score (nSPS) is 10.2. The molecule has 0 N–H and O–H groups in total. The van der Waals surface area contributed by atoms with Gasteiger partial charge in [-0.05, 0) is 12.1 Å². The van der Waals surface area contributed by atoms with E-state index in [1.807, 2.05) is 0 Å². The Morgan fingerprint density at radius 2 is 1.80 bits per heavy atom. The monoisotopic (exact) mass is 329 g/mol. The molecule has 15 heavy (non-hydrogen) atoms. The van der Waals surface area contributed by atoms with Gasteiger partial charge >= 0.3 is 0 Å². The molecule has 0 aliphatic carbocycles. The second-order valence-electron chi connectivity index (χ2n) is 2.80. The Morgan fingerprint density at radius 3 is 2.33 bits per heavy atom. The first kappa shape index (κ1) is 13.1. The molecule has 1 aromatic rings. The number of hydrogen-bond acceptors (Lipinski definition) is 1. The predicted molar refractivity (Wildman–Crippen MR) is 68.7 cm³/mol. The zero-order chi connectivity index (χ0) is 11.6. The van der Waals surface area contributed by atoms with Crippen LogP contribution in [0.15, 0.2) is 12.1 Å². The van der Waals surface area contributed by atoms with Gasteiger partial charge in [-0.1, -0.05) is 50.7 Å². The molecule has 82 valence electrons. The second kappa shape index (κ2) is 5.39. The summed E-state index contributed by atoms with van der Waals surface area (Å²) in [4.78, 5) is 12.8. The quantitative estimate of drug-likeness (QED) is 0.592. The number of hydrogen-bond donors (Lipinski definition) is 0. The van der Waals surface area contributed by atoms with Gasteiger partial charge in [0.15, 0.2) is 0 Å². The number of carbonyl (C=O) groups excluding carboxylic acids is 1. The molecule has 0 saturated heterocycles. The number of benzene rings is 1. The highest BCUT2D eigenvalue weighted by Gasteiger charge is 2.14. The van der Waals surface area contributed by atoms with Crippen LogP contribution in [0.1, 0.15) is 0 Å². The molecule has 2 nitrogen and oxygen atoms in total. The molecule has 0 spiro atoms. The van der Waals surface area contributed by atoms with E-state index >= 15 is 0 Å². The fraction of sp³-hybridized carbons (Fsp3) is 0.222. The Labute approximate surface area is 111 Å². The number of anilines is 1. The van der Waals surface area contributed by atoms with Gasteiger partial charge in [-0.15, -0.1) is 0 Å². The number of carbonyl (C=O) groups is 1. The lowest BCUT2D eigenvalue weighted by Gasteiger charge is -2.18. The molecule has 0 atom stereocenters. The smallest absolute Gasteiger partial charge is 0.237 e. The summed E-state index contributed by atoms with van der Waals surface area (Å²) in [5.74, 6) is -0.115. The third-order valence-electron chi connectivity index (χ3n) is 1.84. The first-order valence-corrected chi connectivity index (χ1v) is 6.20. The van der Waals surface area contributed by atoms with Crippen LogP contribution in [0.25, 0.3) is 0 Å². The van der Waals surface area contributed by atoms with Crippen LogP contribution in [0.5, 0.6) is 0 Å². The summed E-state index contributed by atoms with van der Waals surface area (Å²) in [5, 5.41) is 1.34. The molecule has 0 aromatic heterocycles. The second-order valence-corrected chi connectivity index (χ2v) is 4.59. The maximum atomic E-state index is 11.4. The Kier molecular flexibility index (Phi) is 4.71. The molecule has 0 aliphatic heterocycles. The van der Waals surface area contributed by atoms with Gasteiger partial charge in [0.1, 0.15) is 0 Å². The van der Waals surface area contributed by atoms with Crippen molar-refractivity contribution >= 4 is 62.3 Å². The van der Waals surface area contributed by atoms with E-state index < -0.39 is 0 Å². The van der Waals surface area contributed by atoms with Crippen molar-refractivity contribution in [2.75, 3.05) is 17.3 Å². The Morgan fingerprint density at radius 1 is 1.27 bits per heavy atom. The number of nitrogens with zero attached hydrogens (tertiary/aromatic N) is 1. The van der Waals surface area contributed by atoms with Crippen molar-refractivity contribution < 1.29 is 4.79 Å². The lowest BCUT2D eigenvalue weighted by atomic mass is 10.3. The topological polar surface area (TPSA) is 20.3 Å². The molecule has 6 heteroatoms. The molecular formula is C9H7BrCl3NO. The first-order valence-electron chi connectivity index (χ1n) is 3.94. The third kappa shape index (κ3) is 3.00. The molecule has 0 saturated carbocycles. The zero-order valence-corrected chi connectivity index (χ0v) is 11.6. The van der Waals surface area contributed by atoms with Gasteiger partial charge in [-0.25, -0.2) is 0 Å². The summed E-state index contributed by atoms with van der Waals surface area (Å²) < 4.78 is 0. The first-order chi connectivity index (χ1) is 6.97. The minimum atomic E-state index is -0.115. The molecule has 0 bridgehead atoms. The van der Waals surface area contributed by atoms with Gasteiger partial charge < -0.3 is 4.90 Å². The number of alkyl halides is 1. The van der Waals surface area contributed by atoms with E-state index in [1.165, 1.54) is 11.0 Å². The summed E-state index contributed by atoms with van der Waals surface area (Å²) >= 11 is 20.6. The van der Waals surface area contributed by atoms with Crippen LogP contribution in [0.2, 0.25) is 15.1 Å². The van der Waals surface area contributed by atoms with Gasteiger partial charge in [0.05, 0.1) is 26.1 Å². The highest BCUT2D eigenvalue weighted by molar-refractivity contribution is 9.09. The van der Waals surface area contributed by atoms with E-state index in [0.717, 1.165) is 0 Å². The summed E-state index contributed by atoms with van der Waals surface area (Å²) in [6.07, 6.45) is 0. The van der Waals surface area contributed by atoms with Crippen LogP contribution < -0.4 is 4.90 Å². The van der Waals surface area contributed by atoms with Crippen molar-refractivity contribution in [3.63, 3.8) is 0 Å². The number of rotatable bonds is 2. The third-order valence-corrected chi connectivity index (χ3v) is 3.34. The number of amides is 1. The van der Waals surface area contributed by atoms with Crippen LogP contribution in [0.4, 0.5) is 5.69 Å². The standard InChI is InChI=1S/C9H7BrCl3NO/c1-14(9(15)4-10)8-3-6(12)5(11)2-7(8)13/h2-3H,4H2,1H3. The van der Waals surface area contributed by atoms with Gasteiger partial charge in [0.2, 0.25) is 5.91 Å². The zero-order valence-electron chi connectivity index (χ0n) is 7.73. The molecule has 1 amide bonds. The average Bonchev–Trinajstić information content (AvgIpc) is 2.21. The van der Waals surface area contributed by atoms with Gasteiger partial charge in [0.25, 0.3) is 0 Å². The van der Waals surface area contributed by atoms with E-state index in [0.29, 0.717) is 20.8 Å².